The molecule has 0 bridgehead atoms. The molecule has 17 nitrogen and oxygen atoms in total. The summed E-state index contributed by atoms with van der Waals surface area (Å²) in [5.74, 6) is 4.56. The van der Waals surface area contributed by atoms with Gasteiger partial charge in [-0.1, -0.05) is 89.9 Å². The Balaban J connectivity index is 0.000000400. The van der Waals surface area contributed by atoms with Gasteiger partial charge in [0.25, 0.3) is 0 Å². The van der Waals surface area contributed by atoms with Crippen LogP contribution in [0.2, 0.25) is 10.0 Å². The van der Waals surface area contributed by atoms with Crippen molar-refractivity contribution in [1.29, 1.82) is 5.41 Å². The minimum absolute atomic E-state index is 0.0130. The van der Waals surface area contributed by atoms with E-state index in [9.17, 15) is 31.4 Å². The summed E-state index contributed by atoms with van der Waals surface area (Å²) in [5.41, 5.74) is 36.8. The molecule has 0 aliphatic carbocycles. The third-order valence-electron chi connectivity index (χ3n) is 13.0. The van der Waals surface area contributed by atoms with Gasteiger partial charge in [-0.15, -0.1) is 0 Å². The van der Waals surface area contributed by atoms with E-state index in [1.54, 1.807) is 71.9 Å². The summed E-state index contributed by atoms with van der Waals surface area (Å²) in [6.07, 6.45) is 3.72. The molecule has 98 heavy (non-hydrogen) atoms. The smallest absolute Gasteiger partial charge is 0.138 e. The van der Waals surface area contributed by atoms with Gasteiger partial charge < -0.3 is 62.7 Å². The van der Waals surface area contributed by atoms with Crippen molar-refractivity contribution >= 4 is 84.9 Å². The number of fused-ring (bicyclic) bond motifs is 1. The van der Waals surface area contributed by atoms with Crippen LogP contribution in [0.15, 0.2) is 163 Å². The van der Waals surface area contributed by atoms with Gasteiger partial charge in [0, 0.05) is 22.4 Å². The average molecular weight is 1470 g/mol. The number of aliphatic imine (C=N–C) groups is 5. The summed E-state index contributed by atoms with van der Waals surface area (Å²) in [4.78, 5) is 20.5. The monoisotopic (exact) mass is 1460 g/mol. The Morgan fingerprint density at radius 3 is 1.44 bits per heavy atom. The number of aliphatic hydroxyl groups is 1. The molecule has 1 unspecified atom stereocenters. The van der Waals surface area contributed by atoms with Crippen molar-refractivity contribution in [2.75, 3.05) is 66.5 Å². The molecule has 0 aliphatic rings. The van der Waals surface area contributed by atoms with Crippen molar-refractivity contribution < 1.29 is 50.4 Å². The van der Waals surface area contributed by atoms with Crippen molar-refractivity contribution in [3.05, 3.63) is 193 Å². The minimum Gasteiger partial charge on any atom is -0.491 e. The molecule has 7 rings (SSSR count). The van der Waals surface area contributed by atoms with E-state index in [-0.39, 0.29) is 39.8 Å². The SMILES string of the molecule is CC(=N)CCC(O)c1ccc(COCC[18F])cc1.CC(N)=NCc1ccc(CCC[18F])c(Cl)c1.CC(N)=NCc1ccc(OCC[18F])c(Br)c1.CC(N)=NCc1ccc(OCC[18F])c(Cl)c1.CC(N)=NCc1ccc(OCC[18F])cc1.CC(N)=NCc1ccc2c(ccn2CC[18F])c1. The Labute approximate surface area is 591 Å². The molecule has 0 amide bonds. The second-order valence-corrected chi connectivity index (χ2v) is 23.4. The molecular weight excluding hydrogens is 1370 g/mol. The number of benzene rings is 6. The van der Waals surface area contributed by atoms with Gasteiger partial charge in [-0.3, -0.25) is 29.4 Å². The Bertz CT molecular complexity index is 3370. The number of halogens is 9. The fraction of sp³-hybridized carbons (Fsp3) is 0.389. The number of hydrogen-bond donors (Lipinski definition) is 7. The highest BCUT2D eigenvalue weighted by molar-refractivity contribution is 9.10. The van der Waals surface area contributed by atoms with E-state index >= 15 is 0 Å². The lowest BCUT2D eigenvalue weighted by atomic mass is 10.0. The van der Waals surface area contributed by atoms with Crippen LogP contribution < -0.4 is 42.9 Å². The molecule has 536 valence electrons. The summed E-state index contributed by atoms with van der Waals surface area (Å²) in [7, 11) is 0. The van der Waals surface area contributed by atoms with Gasteiger partial charge >= 0.3 is 0 Å². The van der Waals surface area contributed by atoms with E-state index in [2.05, 4.69) is 47.0 Å². The van der Waals surface area contributed by atoms with E-state index in [0.717, 1.165) is 59.9 Å². The van der Waals surface area contributed by atoms with Gasteiger partial charge in [0.15, 0.2) is 0 Å². The van der Waals surface area contributed by atoms with Crippen LogP contribution in [0.4, 0.5) is 26.3 Å². The van der Waals surface area contributed by atoms with Crippen molar-refractivity contribution in [2.24, 2.45) is 53.6 Å². The predicted molar refractivity (Wildman–Crippen MR) is 395 cm³/mol. The number of amidine groups is 5. The van der Waals surface area contributed by atoms with Crippen LogP contribution >= 0.6 is 39.1 Å². The van der Waals surface area contributed by atoms with Crippen molar-refractivity contribution in [2.45, 2.75) is 119 Å². The Hall–Kier alpha value is -8.16. The zero-order chi connectivity index (χ0) is 72.6. The van der Waals surface area contributed by atoms with Crippen LogP contribution in [0, 0.1) is 5.41 Å². The molecule has 6 aromatic carbocycles. The standard InChI is InChI=1S/C14H20FNO2.C13H16FN3.C12H16ClFN2.C11H14BrFN2O.C11H14ClFN2O.C11H15FN2O/c1-11(16)2-7-14(17)13-5-3-12(4-6-13)10-18-9-8-15;1-10(15)16-9-11-2-3-13-12(8-11)4-6-17(13)7-5-14;1-9(15)16-8-10-4-5-11(3-2-6-14)12(13)7-10;2*1-8(14)15-7-9-2-3-11(10(12)6-9)16-5-4-13;1-9(13)14-8-10-2-4-11(5-3-10)15-7-6-12/h3-6,14,16-17H,2,7-10H2,1H3;2-4,6,8H,5,7,9H2,1H3,(H2,15,16);4-5,7H,2-3,6,8H2,1H3,(H2,15,16);2*2-3,6H,4-5,7H2,1H3,(H2,14,15);2-5H,6-8H2,1H3,(H2,13,14)/i15-1;2*14-1;2*13-1;12-1. The topological polar surface area (TPSA) is 278 Å². The van der Waals surface area contributed by atoms with Gasteiger partial charge in [-0.05, 0) is 194 Å². The molecule has 26 heteroatoms. The lowest BCUT2D eigenvalue weighted by molar-refractivity contribution is 0.106. The zero-order valence-corrected chi connectivity index (χ0v) is 59.8. The highest BCUT2D eigenvalue weighted by Crippen LogP contribution is 2.28. The van der Waals surface area contributed by atoms with E-state index in [1.807, 2.05) is 102 Å². The van der Waals surface area contributed by atoms with E-state index in [4.69, 9.17) is 76.2 Å². The molecule has 0 aliphatic heterocycles. The Kier molecular flexibility index (Phi) is 44.8. The van der Waals surface area contributed by atoms with Crippen molar-refractivity contribution in [3.8, 4) is 17.2 Å². The van der Waals surface area contributed by atoms with E-state index < -0.39 is 32.8 Å². The molecule has 0 spiro atoms. The summed E-state index contributed by atoms with van der Waals surface area (Å²) < 4.78 is 95.0. The van der Waals surface area contributed by atoms with Crippen LogP contribution in [0.5, 0.6) is 17.2 Å². The van der Waals surface area contributed by atoms with Gasteiger partial charge in [-0.2, -0.15) is 0 Å². The number of nitrogens with two attached hydrogens (primary N) is 5. The maximum Gasteiger partial charge on any atom is 0.138 e. The summed E-state index contributed by atoms with van der Waals surface area (Å²) >= 11 is 15.4. The third-order valence-corrected chi connectivity index (χ3v) is 14.3. The Morgan fingerprint density at radius 1 is 0.510 bits per heavy atom. The first-order valence-corrected chi connectivity index (χ1v) is 33.0. The quantitative estimate of drug-likeness (QED) is 0.00906. The minimum atomic E-state index is -0.536. The number of alkyl halides is 6. The maximum absolute atomic E-state index is 12.3. The lowest BCUT2D eigenvalue weighted by Gasteiger charge is -2.11. The normalized spacial score (nSPS) is 11.9. The van der Waals surface area contributed by atoms with Gasteiger partial charge in [0.2, 0.25) is 0 Å². The van der Waals surface area contributed by atoms with Crippen LogP contribution in [0.1, 0.15) is 111 Å². The van der Waals surface area contributed by atoms with Crippen molar-refractivity contribution in [3.63, 3.8) is 0 Å². The maximum atomic E-state index is 12.3. The largest absolute Gasteiger partial charge is 0.491 e. The van der Waals surface area contributed by atoms with Crippen LogP contribution in [-0.2, 0) is 57.0 Å². The second-order valence-electron chi connectivity index (χ2n) is 21.7. The summed E-state index contributed by atoms with van der Waals surface area (Å²) in [6, 6.07) is 39.4. The van der Waals surface area contributed by atoms with E-state index in [1.165, 1.54) is 0 Å². The molecule has 0 fully saturated rings. The highest BCUT2D eigenvalue weighted by Gasteiger charge is 2.10. The second kappa shape index (κ2) is 51.1. The highest BCUT2D eigenvalue weighted by atomic mass is 79.9. The molecule has 0 saturated heterocycles. The molecule has 0 radical (unpaired) electrons. The number of hydrogen-bond acceptors (Lipinski definition) is 11. The molecule has 0 saturated carbocycles. The Morgan fingerprint density at radius 2 is 0.959 bits per heavy atom. The fourth-order valence-corrected chi connectivity index (χ4v) is 9.22. The van der Waals surface area contributed by atoms with E-state index in [0.29, 0.717) is 134 Å². The predicted octanol–water partition coefficient (Wildman–Crippen LogP) is 15.8. The zero-order valence-electron chi connectivity index (χ0n) is 56.7. The number of nitrogens with one attached hydrogen (secondary N) is 1. The van der Waals surface area contributed by atoms with Crippen molar-refractivity contribution in [1.82, 2.24) is 4.57 Å². The summed E-state index contributed by atoms with van der Waals surface area (Å²) in [6.45, 7) is 11.6. The first-order chi connectivity index (χ1) is 46.9. The molecule has 1 aromatic heterocycles. The number of aromatic nitrogens is 1. The number of nitrogens with zero attached hydrogens (tertiary/aromatic N) is 6. The van der Waals surface area contributed by atoms with Gasteiger partial charge in [-0.25, -0.2) is 22.0 Å². The summed E-state index contributed by atoms with van der Waals surface area (Å²) in [5, 5.41) is 19.5. The first kappa shape index (κ1) is 85.9. The molecule has 12 N–H and O–H groups in total. The fourth-order valence-electron chi connectivity index (χ4n) is 8.13. The third kappa shape index (κ3) is 38.7. The van der Waals surface area contributed by atoms with Crippen LogP contribution in [0.3, 0.4) is 0 Å². The molecule has 7 aromatic rings. The number of aliphatic hydroxyl groups excluding tert-OH is 1. The average Bonchev–Trinajstić information content (AvgIpc) is 1.67. The lowest BCUT2D eigenvalue weighted by Crippen LogP contribution is -2.05. The molecule has 1 atom stereocenters. The van der Waals surface area contributed by atoms with Crippen LogP contribution in [0.25, 0.3) is 10.9 Å². The molecule has 1 heterocycles. The molecular formula is C72H95BrCl2F6N12O5. The van der Waals surface area contributed by atoms with Crippen LogP contribution in [-0.4, -0.2) is 111 Å². The van der Waals surface area contributed by atoms with Gasteiger partial charge in [0.1, 0.15) is 70.4 Å². The number of ether oxygens (including phenoxy) is 4. The number of aryl methyl sites for hydroxylation is 2. The number of rotatable bonds is 32. The first-order valence-electron chi connectivity index (χ1n) is 31.4. The van der Waals surface area contributed by atoms with Gasteiger partial charge in [0.05, 0.1) is 104 Å².